The molecule has 1 aliphatic rings. The molecule has 0 saturated carbocycles. The molecule has 1 heterocycles. The van der Waals surface area contributed by atoms with Gasteiger partial charge in [0.05, 0.1) is 7.85 Å². The van der Waals surface area contributed by atoms with Gasteiger partial charge >= 0.3 is 0 Å². The molecule has 0 saturated heterocycles. The summed E-state index contributed by atoms with van der Waals surface area (Å²) in [6, 6.07) is 0. The van der Waals surface area contributed by atoms with E-state index in [1.165, 1.54) is 0 Å². The Hall–Kier alpha value is -1.39. The number of hydrogen-bond acceptors (Lipinski definition) is 3. The van der Waals surface area contributed by atoms with Gasteiger partial charge in [-0.15, -0.1) is 0 Å². The van der Waals surface area contributed by atoms with E-state index in [2.05, 4.69) is 0 Å². The third-order valence-electron chi connectivity index (χ3n) is 1.69. The summed E-state index contributed by atoms with van der Waals surface area (Å²) in [5.41, 5.74) is 0. The molecule has 66 valence electrons. The molecular formula is C8H8BNO3. The van der Waals surface area contributed by atoms with Crippen molar-refractivity contribution >= 4 is 25.4 Å². The Bertz CT molecular complexity index is 298. The number of amides is 2. The summed E-state index contributed by atoms with van der Waals surface area (Å²) < 4.78 is 6.78. The number of rotatable bonds is 3. The zero-order valence-electron chi connectivity index (χ0n) is 7.90. The fourth-order valence-electron chi connectivity index (χ4n) is 0.910. The Morgan fingerprint density at radius 2 is 2.15 bits per heavy atom. The largest absolute Gasteiger partial charge is 0.300 e. The quantitative estimate of drug-likeness (QED) is 0.430. The van der Waals surface area contributed by atoms with Gasteiger partial charge in [0.25, 0.3) is 11.8 Å². The smallest absolute Gasteiger partial charge is 0.253 e. The normalized spacial score (nSPS) is 19.1. The van der Waals surface area contributed by atoms with Crippen molar-refractivity contribution in [3.05, 3.63) is 12.2 Å². The molecule has 1 aliphatic heterocycles. The number of hydrogen-bond donors (Lipinski definition) is 0. The highest BCUT2D eigenvalue weighted by atomic mass is 16.2. The number of carbonyl (C=O) groups excluding carboxylic acids is 3. The van der Waals surface area contributed by atoms with Gasteiger partial charge in [-0.25, -0.2) is 0 Å². The minimum absolute atomic E-state index is 0.150. The summed E-state index contributed by atoms with van der Waals surface area (Å²) in [4.78, 5) is 33.9. The number of imide groups is 1. The summed E-state index contributed by atoms with van der Waals surface area (Å²) in [5.74, 6) is -2.38. The van der Waals surface area contributed by atoms with Crippen LogP contribution in [0.25, 0.3) is 0 Å². The average molecular weight is 178 g/mol. The molecule has 2 amide bonds. The Balaban J connectivity index is 2.57. The number of Topliss-reactive ketones (excluding diaryl/α,β-unsaturated/α-hetero) is 1. The molecule has 1 unspecified atom stereocenters. The maximum absolute atomic E-state index is 11.0. The number of ketones is 1. The van der Waals surface area contributed by atoms with Crippen LogP contribution in [-0.2, 0) is 14.4 Å². The van der Waals surface area contributed by atoms with E-state index in [-0.39, 0.29) is 6.54 Å². The van der Waals surface area contributed by atoms with E-state index in [1.54, 1.807) is 0 Å². The van der Waals surface area contributed by atoms with Gasteiger partial charge in [-0.3, -0.25) is 14.5 Å². The lowest BCUT2D eigenvalue weighted by Crippen LogP contribution is -2.34. The van der Waals surface area contributed by atoms with Crippen LogP contribution >= 0.6 is 0 Å². The minimum Gasteiger partial charge on any atom is -0.300 e. The van der Waals surface area contributed by atoms with Crippen LogP contribution in [0.1, 0.15) is 8.27 Å². The second-order valence-electron chi connectivity index (χ2n) is 2.69. The number of carbonyl (C=O) groups is 3. The van der Waals surface area contributed by atoms with Crippen LogP contribution in [0.4, 0.5) is 0 Å². The second-order valence-corrected chi connectivity index (χ2v) is 2.69. The summed E-state index contributed by atoms with van der Waals surface area (Å²) in [6.45, 7) is -0.590. The van der Waals surface area contributed by atoms with E-state index < -0.39 is 30.3 Å². The number of nitrogens with zero attached hydrogens (tertiary/aromatic N) is 1. The van der Waals surface area contributed by atoms with Gasteiger partial charge in [0.15, 0.2) is 0 Å². The fraction of sp³-hybridized carbons (Fsp3) is 0.375. The molecule has 0 spiro atoms. The van der Waals surface area contributed by atoms with Crippen LogP contribution < -0.4 is 0 Å². The zero-order chi connectivity index (χ0) is 10.7. The first kappa shape index (κ1) is 8.22. The van der Waals surface area contributed by atoms with Crippen molar-refractivity contribution in [1.82, 2.24) is 4.90 Å². The van der Waals surface area contributed by atoms with Crippen molar-refractivity contribution in [3.63, 3.8) is 0 Å². The Morgan fingerprint density at radius 1 is 1.62 bits per heavy atom. The van der Waals surface area contributed by atoms with E-state index in [0.717, 1.165) is 17.1 Å². The fourth-order valence-corrected chi connectivity index (χ4v) is 0.910. The van der Waals surface area contributed by atoms with Gasteiger partial charge in [-0.2, -0.15) is 0 Å². The summed E-state index contributed by atoms with van der Waals surface area (Å²) in [5, 5.41) is 0. The topological polar surface area (TPSA) is 54.5 Å². The van der Waals surface area contributed by atoms with Crippen molar-refractivity contribution in [2.45, 2.75) is 12.7 Å². The molecular weight excluding hydrogens is 169 g/mol. The van der Waals surface area contributed by atoms with Crippen molar-refractivity contribution in [2.24, 2.45) is 0 Å². The van der Waals surface area contributed by atoms with E-state index in [0.29, 0.717) is 0 Å². The minimum atomic E-state index is -0.958. The van der Waals surface area contributed by atoms with Gasteiger partial charge < -0.3 is 4.79 Å². The molecule has 4 nitrogen and oxygen atoms in total. The highest BCUT2D eigenvalue weighted by Crippen LogP contribution is 2.09. The third kappa shape index (κ3) is 2.05. The molecule has 0 N–H and O–H groups in total. The van der Waals surface area contributed by atoms with E-state index in [9.17, 15) is 14.4 Å². The highest BCUT2D eigenvalue weighted by Gasteiger charge is 2.25. The lowest BCUT2D eigenvalue weighted by molar-refractivity contribution is -0.137. The molecule has 0 aliphatic carbocycles. The summed E-state index contributed by atoms with van der Waals surface area (Å²) >= 11 is 0. The monoisotopic (exact) mass is 178 g/mol. The predicted octanol–water partition coefficient (Wildman–Crippen LogP) is -0.543. The molecule has 0 aromatic rings. The standard InChI is InChI=1S/C8H8BNO3/c1-5(11)6(9)4-10-7(12)2-3-8(10)13/h2-3,6H,4H2,1H3/i1D. The Labute approximate surface area is 78.4 Å². The third-order valence-corrected chi connectivity index (χ3v) is 1.69. The second kappa shape index (κ2) is 3.55. The molecule has 1 rings (SSSR count). The maximum atomic E-state index is 11.0. The predicted molar refractivity (Wildman–Crippen MR) is 46.0 cm³/mol. The molecule has 1 atom stereocenters. The lowest BCUT2D eigenvalue weighted by atomic mass is 9.84. The lowest BCUT2D eigenvalue weighted by Gasteiger charge is -2.17. The van der Waals surface area contributed by atoms with Gasteiger partial charge in [-0.05, 0) is 12.7 Å². The first-order valence-electron chi connectivity index (χ1n) is 4.38. The van der Waals surface area contributed by atoms with Crippen molar-refractivity contribution < 1.29 is 15.8 Å². The molecule has 0 fully saturated rings. The SMILES string of the molecule is [2H]CC(=O)C([B])CN1C(=O)C=CC1=O. The first-order chi connectivity index (χ1) is 6.56. The van der Waals surface area contributed by atoms with Crippen LogP contribution in [0.15, 0.2) is 12.2 Å². The van der Waals surface area contributed by atoms with Gasteiger partial charge in [0, 0.05) is 20.1 Å². The first-order valence-corrected chi connectivity index (χ1v) is 3.67. The van der Waals surface area contributed by atoms with Gasteiger partial charge in [0.1, 0.15) is 5.78 Å². The molecule has 0 aromatic carbocycles. The molecule has 2 radical (unpaired) electrons. The van der Waals surface area contributed by atoms with Crippen LogP contribution in [0.2, 0.25) is 5.82 Å². The van der Waals surface area contributed by atoms with Gasteiger partial charge in [-0.1, -0.05) is 0 Å². The summed E-state index contributed by atoms with van der Waals surface area (Å²) in [6.07, 6.45) is 2.25. The van der Waals surface area contributed by atoms with E-state index in [1.807, 2.05) is 0 Å². The van der Waals surface area contributed by atoms with Crippen LogP contribution in [-0.4, -0.2) is 36.9 Å². The average Bonchev–Trinajstić information content (AvgIpc) is 2.48. The van der Waals surface area contributed by atoms with Crippen molar-refractivity contribution in [2.75, 3.05) is 6.54 Å². The van der Waals surface area contributed by atoms with E-state index in [4.69, 9.17) is 9.22 Å². The molecule has 0 bridgehead atoms. The zero-order valence-corrected chi connectivity index (χ0v) is 6.90. The Kier molecular flexibility index (Phi) is 2.25. The Morgan fingerprint density at radius 3 is 2.62 bits per heavy atom. The highest BCUT2D eigenvalue weighted by molar-refractivity contribution is 6.24. The van der Waals surface area contributed by atoms with Crippen LogP contribution in [0, 0.1) is 0 Å². The van der Waals surface area contributed by atoms with Gasteiger partial charge in [0.2, 0.25) is 0 Å². The van der Waals surface area contributed by atoms with Crippen LogP contribution in [0.3, 0.4) is 0 Å². The maximum Gasteiger partial charge on any atom is 0.253 e. The molecule has 13 heavy (non-hydrogen) atoms. The van der Waals surface area contributed by atoms with Crippen LogP contribution in [0.5, 0.6) is 0 Å². The molecule has 0 aromatic heterocycles. The van der Waals surface area contributed by atoms with E-state index >= 15 is 0 Å². The van der Waals surface area contributed by atoms with Crippen molar-refractivity contribution in [1.29, 1.82) is 0 Å². The van der Waals surface area contributed by atoms with Crippen molar-refractivity contribution in [3.8, 4) is 0 Å². The molecule has 5 heteroatoms. The summed E-state index contributed by atoms with van der Waals surface area (Å²) in [7, 11) is 5.39.